The highest BCUT2D eigenvalue weighted by Crippen LogP contribution is 2.18. The first-order valence-electron chi connectivity index (χ1n) is 6.34. The number of carboxylic acids is 1. The molecule has 0 saturated carbocycles. The predicted octanol–water partition coefficient (Wildman–Crippen LogP) is 2.36. The molecule has 0 saturated heterocycles. The highest BCUT2D eigenvalue weighted by molar-refractivity contribution is 5.94. The van der Waals surface area contributed by atoms with Crippen molar-refractivity contribution in [3.63, 3.8) is 0 Å². The van der Waals surface area contributed by atoms with E-state index in [9.17, 15) is 13.6 Å². The van der Waals surface area contributed by atoms with Gasteiger partial charge >= 0.3 is 5.97 Å². The van der Waals surface area contributed by atoms with Gasteiger partial charge in [0.1, 0.15) is 23.0 Å². The zero-order valence-corrected chi connectivity index (χ0v) is 11.7. The second kappa shape index (κ2) is 5.90. The number of hydrogen-bond donors (Lipinski definition) is 2. The number of carbonyl (C=O) groups is 1. The summed E-state index contributed by atoms with van der Waals surface area (Å²) in [5.41, 5.74) is 1.00. The monoisotopic (exact) mass is 295 g/mol. The Balaban J connectivity index is 2.09. The van der Waals surface area contributed by atoms with Gasteiger partial charge in [0.25, 0.3) is 0 Å². The molecule has 0 aliphatic carbocycles. The molecular formula is C14H15F2N3O2. The standard InChI is InChI=1S/C14H15F2N3O2/c1-8-12(14(20)21)13(19(2)18-8)17-4-3-9-5-10(15)7-11(16)6-9/h5-7,17H,3-4H2,1-2H3,(H,20,21). The summed E-state index contributed by atoms with van der Waals surface area (Å²) in [6.45, 7) is 1.94. The first kappa shape index (κ1) is 15.0. The minimum atomic E-state index is -1.07. The van der Waals surface area contributed by atoms with Gasteiger partial charge in [-0.2, -0.15) is 5.10 Å². The van der Waals surface area contributed by atoms with Gasteiger partial charge < -0.3 is 10.4 Å². The van der Waals surface area contributed by atoms with Crippen molar-refractivity contribution in [3.05, 3.63) is 46.7 Å². The van der Waals surface area contributed by atoms with Gasteiger partial charge in [-0.15, -0.1) is 0 Å². The molecule has 1 aromatic heterocycles. The number of nitrogens with one attached hydrogen (secondary N) is 1. The van der Waals surface area contributed by atoms with Crippen LogP contribution in [0.25, 0.3) is 0 Å². The molecule has 0 fully saturated rings. The van der Waals surface area contributed by atoms with Crippen molar-refractivity contribution in [3.8, 4) is 0 Å². The van der Waals surface area contributed by atoms with E-state index in [1.165, 1.54) is 16.8 Å². The van der Waals surface area contributed by atoms with E-state index in [0.717, 1.165) is 6.07 Å². The third kappa shape index (κ3) is 3.36. The largest absolute Gasteiger partial charge is 0.477 e. The number of aromatic nitrogens is 2. The lowest BCUT2D eigenvalue weighted by Crippen LogP contribution is -2.12. The van der Waals surface area contributed by atoms with Gasteiger partial charge in [-0.25, -0.2) is 13.6 Å². The van der Waals surface area contributed by atoms with Crippen LogP contribution >= 0.6 is 0 Å². The number of rotatable bonds is 5. The number of anilines is 1. The fraction of sp³-hybridized carbons (Fsp3) is 0.286. The van der Waals surface area contributed by atoms with E-state index in [0.29, 0.717) is 30.0 Å². The molecule has 0 radical (unpaired) electrons. The van der Waals surface area contributed by atoms with Crippen LogP contribution in [0.2, 0.25) is 0 Å². The van der Waals surface area contributed by atoms with E-state index in [4.69, 9.17) is 5.11 Å². The molecule has 1 heterocycles. The number of benzene rings is 1. The summed E-state index contributed by atoms with van der Waals surface area (Å²) in [5.74, 6) is -1.96. The molecule has 2 N–H and O–H groups in total. The van der Waals surface area contributed by atoms with Crippen LogP contribution in [-0.4, -0.2) is 27.4 Å². The Hall–Kier alpha value is -2.44. The quantitative estimate of drug-likeness (QED) is 0.888. The van der Waals surface area contributed by atoms with Crippen LogP contribution in [0.1, 0.15) is 21.6 Å². The molecule has 2 aromatic rings. The lowest BCUT2D eigenvalue weighted by molar-refractivity contribution is 0.0697. The van der Waals surface area contributed by atoms with E-state index in [2.05, 4.69) is 10.4 Å². The highest BCUT2D eigenvalue weighted by atomic mass is 19.1. The van der Waals surface area contributed by atoms with Crippen LogP contribution in [0.5, 0.6) is 0 Å². The number of halogens is 2. The van der Waals surface area contributed by atoms with Crippen molar-refractivity contribution >= 4 is 11.8 Å². The molecule has 0 atom stereocenters. The fourth-order valence-corrected chi connectivity index (χ4v) is 2.20. The zero-order valence-electron chi connectivity index (χ0n) is 11.7. The number of carboxylic acid groups (broad SMARTS) is 1. The maximum absolute atomic E-state index is 13.1. The topological polar surface area (TPSA) is 67.2 Å². The molecule has 21 heavy (non-hydrogen) atoms. The molecule has 0 bridgehead atoms. The number of nitrogens with zero attached hydrogens (tertiary/aromatic N) is 2. The fourth-order valence-electron chi connectivity index (χ4n) is 2.20. The van der Waals surface area contributed by atoms with Crippen molar-refractivity contribution in [1.82, 2.24) is 9.78 Å². The molecule has 0 aliphatic heterocycles. The molecule has 0 spiro atoms. The van der Waals surface area contributed by atoms with Gasteiger partial charge in [0, 0.05) is 19.7 Å². The summed E-state index contributed by atoms with van der Waals surface area (Å²) >= 11 is 0. The van der Waals surface area contributed by atoms with Crippen LogP contribution in [0.15, 0.2) is 18.2 Å². The van der Waals surface area contributed by atoms with Crippen molar-refractivity contribution in [2.24, 2.45) is 7.05 Å². The van der Waals surface area contributed by atoms with E-state index in [1.807, 2.05) is 0 Å². The second-order valence-corrected chi connectivity index (χ2v) is 4.69. The zero-order chi connectivity index (χ0) is 15.6. The lowest BCUT2D eigenvalue weighted by atomic mass is 10.1. The molecule has 112 valence electrons. The Morgan fingerprint density at radius 3 is 2.52 bits per heavy atom. The van der Waals surface area contributed by atoms with Crippen LogP contribution < -0.4 is 5.32 Å². The Morgan fingerprint density at radius 2 is 1.95 bits per heavy atom. The summed E-state index contributed by atoms with van der Waals surface area (Å²) in [7, 11) is 1.63. The Bertz CT molecular complexity index is 663. The first-order chi connectivity index (χ1) is 9.88. The van der Waals surface area contributed by atoms with E-state index >= 15 is 0 Å². The smallest absolute Gasteiger partial charge is 0.341 e. The third-order valence-electron chi connectivity index (χ3n) is 3.06. The second-order valence-electron chi connectivity index (χ2n) is 4.69. The van der Waals surface area contributed by atoms with Gasteiger partial charge in [-0.3, -0.25) is 4.68 Å². The van der Waals surface area contributed by atoms with Gasteiger partial charge in [0.05, 0.1) is 5.69 Å². The van der Waals surface area contributed by atoms with Crippen LogP contribution in [-0.2, 0) is 13.5 Å². The van der Waals surface area contributed by atoms with Crippen molar-refractivity contribution < 1.29 is 18.7 Å². The van der Waals surface area contributed by atoms with E-state index < -0.39 is 17.6 Å². The summed E-state index contributed by atoms with van der Waals surface area (Å²) in [4.78, 5) is 11.2. The SMILES string of the molecule is Cc1nn(C)c(NCCc2cc(F)cc(F)c2)c1C(=O)O. The Kier molecular flexibility index (Phi) is 4.21. The van der Waals surface area contributed by atoms with Crippen molar-refractivity contribution in [2.45, 2.75) is 13.3 Å². The predicted molar refractivity (Wildman–Crippen MR) is 73.5 cm³/mol. The minimum Gasteiger partial charge on any atom is -0.477 e. The maximum Gasteiger partial charge on any atom is 0.341 e. The molecule has 0 aliphatic rings. The number of aryl methyl sites for hydroxylation is 2. The molecule has 2 rings (SSSR count). The molecule has 5 nitrogen and oxygen atoms in total. The van der Waals surface area contributed by atoms with Crippen LogP contribution in [0.3, 0.4) is 0 Å². The van der Waals surface area contributed by atoms with Gasteiger partial charge in [0.15, 0.2) is 0 Å². The summed E-state index contributed by atoms with van der Waals surface area (Å²) in [6.07, 6.45) is 0.359. The number of aromatic carboxylic acids is 1. The molecule has 1 aromatic carbocycles. The average molecular weight is 295 g/mol. The van der Waals surface area contributed by atoms with E-state index in [1.54, 1.807) is 14.0 Å². The first-order valence-corrected chi connectivity index (χ1v) is 6.34. The summed E-state index contributed by atoms with van der Waals surface area (Å²) < 4.78 is 27.6. The average Bonchev–Trinajstić information content (AvgIpc) is 2.63. The molecular weight excluding hydrogens is 280 g/mol. The third-order valence-corrected chi connectivity index (χ3v) is 3.06. The summed E-state index contributed by atoms with van der Waals surface area (Å²) in [6, 6.07) is 3.30. The van der Waals surface area contributed by atoms with Crippen molar-refractivity contribution in [1.29, 1.82) is 0 Å². The van der Waals surface area contributed by atoms with Crippen LogP contribution in [0, 0.1) is 18.6 Å². The minimum absolute atomic E-state index is 0.0999. The lowest BCUT2D eigenvalue weighted by Gasteiger charge is -2.08. The number of hydrogen-bond acceptors (Lipinski definition) is 3. The van der Waals surface area contributed by atoms with Crippen LogP contribution in [0.4, 0.5) is 14.6 Å². The normalized spacial score (nSPS) is 10.7. The van der Waals surface area contributed by atoms with Crippen molar-refractivity contribution in [2.75, 3.05) is 11.9 Å². The molecule has 0 unspecified atom stereocenters. The van der Waals surface area contributed by atoms with Gasteiger partial charge in [0.2, 0.25) is 0 Å². The maximum atomic E-state index is 13.1. The summed E-state index contributed by atoms with van der Waals surface area (Å²) in [5, 5.41) is 16.1. The highest BCUT2D eigenvalue weighted by Gasteiger charge is 2.19. The molecule has 0 amide bonds. The van der Waals surface area contributed by atoms with E-state index in [-0.39, 0.29) is 5.56 Å². The van der Waals surface area contributed by atoms with Gasteiger partial charge in [-0.1, -0.05) is 0 Å². The molecule has 7 heteroatoms. The Labute approximate surface area is 120 Å². The van der Waals surface area contributed by atoms with Gasteiger partial charge in [-0.05, 0) is 31.0 Å². The Morgan fingerprint density at radius 1 is 1.33 bits per heavy atom.